The minimum atomic E-state index is -0.203. The van der Waals surface area contributed by atoms with E-state index in [1.807, 2.05) is 31.3 Å². The van der Waals surface area contributed by atoms with E-state index in [0.717, 1.165) is 11.1 Å². The number of methoxy groups -OCH3 is 2. The number of benzene rings is 2. The molecule has 2 aromatic rings. The van der Waals surface area contributed by atoms with Gasteiger partial charge in [0.25, 0.3) is 0 Å². The Balaban J connectivity index is 2.53. The Morgan fingerprint density at radius 1 is 1.10 bits per heavy atom. The third-order valence-electron chi connectivity index (χ3n) is 3.55. The maximum Gasteiger partial charge on any atom is 0.165 e. The van der Waals surface area contributed by atoms with Gasteiger partial charge in [0.05, 0.1) is 20.3 Å². The van der Waals surface area contributed by atoms with Gasteiger partial charge in [-0.25, -0.2) is 4.39 Å². The van der Waals surface area contributed by atoms with Crippen LogP contribution >= 0.6 is 0 Å². The van der Waals surface area contributed by atoms with E-state index in [2.05, 4.69) is 5.32 Å². The van der Waals surface area contributed by atoms with Crippen molar-refractivity contribution in [2.24, 2.45) is 0 Å². The zero-order valence-electron chi connectivity index (χ0n) is 12.7. The highest BCUT2D eigenvalue weighted by atomic mass is 19.1. The second-order valence-electron chi connectivity index (χ2n) is 4.81. The standard InChI is InChI=1S/C17H20FNO2/c1-11-10-12(8-9-14(11)18)16(19-2)13-6-5-7-15(20-3)17(13)21-4/h5-10,16,19H,1-4H3. The second kappa shape index (κ2) is 6.59. The molecule has 0 heterocycles. The molecule has 4 heteroatoms. The lowest BCUT2D eigenvalue weighted by molar-refractivity contribution is 0.349. The Morgan fingerprint density at radius 3 is 2.43 bits per heavy atom. The van der Waals surface area contributed by atoms with Gasteiger partial charge < -0.3 is 14.8 Å². The minimum Gasteiger partial charge on any atom is -0.493 e. The van der Waals surface area contributed by atoms with E-state index in [1.54, 1.807) is 27.2 Å². The first-order valence-electron chi connectivity index (χ1n) is 6.76. The number of ether oxygens (including phenoxy) is 2. The van der Waals surface area contributed by atoms with E-state index < -0.39 is 0 Å². The summed E-state index contributed by atoms with van der Waals surface area (Å²) in [4.78, 5) is 0. The molecule has 0 aromatic heterocycles. The predicted molar refractivity (Wildman–Crippen MR) is 81.6 cm³/mol. The lowest BCUT2D eigenvalue weighted by Crippen LogP contribution is -2.19. The first kappa shape index (κ1) is 15.3. The van der Waals surface area contributed by atoms with Crippen LogP contribution in [0, 0.1) is 12.7 Å². The van der Waals surface area contributed by atoms with E-state index in [-0.39, 0.29) is 11.9 Å². The van der Waals surface area contributed by atoms with Crippen LogP contribution in [0.5, 0.6) is 11.5 Å². The number of hydrogen-bond acceptors (Lipinski definition) is 3. The molecule has 1 N–H and O–H groups in total. The van der Waals surface area contributed by atoms with E-state index in [4.69, 9.17) is 9.47 Å². The molecule has 0 aliphatic heterocycles. The van der Waals surface area contributed by atoms with Crippen molar-refractivity contribution in [1.29, 1.82) is 0 Å². The van der Waals surface area contributed by atoms with Gasteiger partial charge >= 0.3 is 0 Å². The second-order valence-corrected chi connectivity index (χ2v) is 4.81. The molecule has 0 saturated carbocycles. The molecular weight excluding hydrogens is 269 g/mol. The molecule has 0 saturated heterocycles. The predicted octanol–water partition coefficient (Wildman–Crippen LogP) is 3.46. The van der Waals surface area contributed by atoms with Crippen molar-refractivity contribution in [3.05, 3.63) is 58.9 Å². The highest BCUT2D eigenvalue weighted by Gasteiger charge is 2.20. The normalized spacial score (nSPS) is 12.0. The Kier molecular flexibility index (Phi) is 4.81. The molecule has 2 rings (SSSR count). The summed E-state index contributed by atoms with van der Waals surface area (Å²) in [6, 6.07) is 10.7. The van der Waals surface area contributed by atoms with E-state index in [9.17, 15) is 4.39 Å². The monoisotopic (exact) mass is 289 g/mol. The summed E-state index contributed by atoms with van der Waals surface area (Å²) in [6.07, 6.45) is 0. The van der Waals surface area contributed by atoms with Gasteiger partial charge in [-0.05, 0) is 37.2 Å². The van der Waals surface area contributed by atoms with Crippen LogP contribution in [0.25, 0.3) is 0 Å². The Bertz CT molecular complexity index is 628. The van der Waals surface area contributed by atoms with Crippen molar-refractivity contribution in [3.63, 3.8) is 0 Å². The Morgan fingerprint density at radius 2 is 1.86 bits per heavy atom. The van der Waals surface area contributed by atoms with Crippen LogP contribution in [0.3, 0.4) is 0 Å². The van der Waals surface area contributed by atoms with Gasteiger partial charge in [0, 0.05) is 5.56 Å². The van der Waals surface area contributed by atoms with Gasteiger partial charge in [-0.15, -0.1) is 0 Å². The van der Waals surface area contributed by atoms with Crippen LogP contribution in [0.1, 0.15) is 22.7 Å². The minimum absolute atomic E-state index is 0.102. The SMILES string of the molecule is CNC(c1ccc(F)c(C)c1)c1cccc(OC)c1OC. The first-order chi connectivity index (χ1) is 10.1. The smallest absolute Gasteiger partial charge is 0.165 e. The van der Waals surface area contributed by atoms with Crippen LogP contribution in [0.15, 0.2) is 36.4 Å². The summed E-state index contributed by atoms with van der Waals surface area (Å²) in [5.41, 5.74) is 2.54. The lowest BCUT2D eigenvalue weighted by Gasteiger charge is -2.21. The molecular formula is C17H20FNO2. The lowest BCUT2D eigenvalue weighted by atomic mass is 9.96. The zero-order chi connectivity index (χ0) is 15.4. The van der Waals surface area contributed by atoms with Crippen molar-refractivity contribution in [1.82, 2.24) is 5.32 Å². The number of rotatable bonds is 5. The fourth-order valence-corrected chi connectivity index (χ4v) is 2.49. The fourth-order valence-electron chi connectivity index (χ4n) is 2.49. The molecule has 112 valence electrons. The van der Waals surface area contributed by atoms with Gasteiger partial charge in [-0.2, -0.15) is 0 Å². The highest BCUT2D eigenvalue weighted by Crippen LogP contribution is 2.37. The van der Waals surface area contributed by atoms with Gasteiger partial charge in [0.2, 0.25) is 0 Å². The Hall–Kier alpha value is -2.07. The summed E-state index contributed by atoms with van der Waals surface area (Å²) in [5.74, 6) is 1.15. The summed E-state index contributed by atoms with van der Waals surface area (Å²) in [5, 5.41) is 3.25. The van der Waals surface area contributed by atoms with Gasteiger partial charge in [0.15, 0.2) is 11.5 Å². The van der Waals surface area contributed by atoms with Crippen LogP contribution in [0.2, 0.25) is 0 Å². The molecule has 21 heavy (non-hydrogen) atoms. The van der Waals surface area contributed by atoms with Gasteiger partial charge in [0.1, 0.15) is 5.82 Å². The van der Waals surface area contributed by atoms with Crippen molar-refractivity contribution in [2.45, 2.75) is 13.0 Å². The van der Waals surface area contributed by atoms with Gasteiger partial charge in [-0.1, -0.05) is 24.3 Å². The number of halogens is 1. The number of aryl methyl sites for hydroxylation is 1. The molecule has 0 spiro atoms. The van der Waals surface area contributed by atoms with Crippen molar-refractivity contribution in [3.8, 4) is 11.5 Å². The third kappa shape index (κ3) is 3.00. The number of nitrogens with one attached hydrogen (secondary N) is 1. The highest BCUT2D eigenvalue weighted by molar-refractivity contribution is 5.51. The fraction of sp³-hybridized carbons (Fsp3) is 0.294. The first-order valence-corrected chi connectivity index (χ1v) is 6.76. The molecule has 0 bridgehead atoms. The number of para-hydroxylation sites is 1. The molecule has 3 nitrogen and oxygen atoms in total. The zero-order valence-corrected chi connectivity index (χ0v) is 12.7. The largest absolute Gasteiger partial charge is 0.493 e. The molecule has 0 aliphatic rings. The van der Waals surface area contributed by atoms with Crippen molar-refractivity contribution < 1.29 is 13.9 Å². The maximum absolute atomic E-state index is 13.5. The average molecular weight is 289 g/mol. The molecule has 2 aromatic carbocycles. The maximum atomic E-state index is 13.5. The summed E-state index contributed by atoms with van der Waals surface area (Å²) >= 11 is 0. The van der Waals surface area contributed by atoms with Crippen molar-refractivity contribution >= 4 is 0 Å². The summed E-state index contributed by atoms with van der Waals surface area (Å²) in [6.45, 7) is 1.76. The quantitative estimate of drug-likeness (QED) is 0.914. The van der Waals surface area contributed by atoms with Crippen molar-refractivity contribution in [2.75, 3.05) is 21.3 Å². The molecule has 1 unspecified atom stereocenters. The van der Waals surface area contributed by atoms with E-state index in [0.29, 0.717) is 17.1 Å². The molecule has 1 atom stereocenters. The molecule has 0 radical (unpaired) electrons. The van der Waals surface area contributed by atoms with E-state index >= 15 is 0 Å². The average Bonchev–Trinajstić information content (AvgIpc) is 2.51. The molecule has 0 amide bonds. The number of hydrogen-bond donors (Lipinski definition) is 1. The van der Waals surface area contributed by atoms with Gasteiger partial charge in [-0.3, -0.25) is 0 Å². The van der Waals surface area contributed by atoms with Crippen LogP contribution in [0.4, 0.5) is 4.39 Å². The Labute approximate surface area is 124 Å². The van der Waals surface area contributed by atoms with Crippen LogP contribution in [-0.2, 0) is 0 Å². The molecule has 0 aliphatic carbocycles. The third-order valence-corrected chi connectivity index (χ3v) is 3.55. The van der Waals surface area contributed by atoms with E-state index in [1.165, 1.54) is 6.07 Å². The molecule has 0 fully saturated rings. The summed E-state index contributed by atoms with van der Waals surface area (Å²) in [7, 11) is 5.09. The summed E-state index contributed by atoms with van der Waals surface area (Å²) < 4.78 is 24.3. The topological polar surface area (TPSA) is 30.5 Å². The van der Waals surface area contributed by atoms with Crippen LogP contribution in [-0.4, -0.2) is 21.3 Å². The van der Waals surface area contributed by atoms with Crippen LogP contribution < -0.4 is 14.8 Å².